The quantitative estimate of drug-likeness (QED) is 0.885. The van der Waals surface area contributed by atoms with E-state index in [1.807, 2.05) is 0 Å². The number of hydrogen-bond donors (Lipinski definition) is 2. The molecule has 0 aliphatic carbocycles. The molecule has 1 aromatic rings. The fourth-order valence-corrected chi connectivity index (χ4v) is 3.96. The van der Waals surface area contributed by atoms with Crippen LogP contribution >= 0.6 is 0 Å². The molecule has 2 saturated heterocycles. The average molecular weight is 273 g/mol. The number of benzene rings is 1. The molecule has 2 unspecified atom stereocenters. The highest BCUT2D eigenvalue weighted by atomic mass is 15.2. The first-order valence-corrected chi connectivity index (χ1v) is 8.09. The van der Waals surface area contributed by atoms with Gasteiger partial charge in [0.2, 0.25) is 0 Å². The van der Waals surface area contributed by atoms with E-state index in [1.165, 1.54) is 37.8 Å². The first-order chi connectivity index (χ1) is 9.84. The van der Waals surface area contributed by atoms with Gasteiger partial charge in [0.15, 0.2) is 0 Å². The van der Waals surface area contributed by atoms with E-state index in [4.69, 9.17) is 5.73 Å². The monoisotopic (exact) mass is 273 g/mol. The second kappa shape index (κ2) is 6.70. The van der Waals surface area contributed by atoms with Gasteiger partial charge in [-0.1, -0.05) is 30.3 Å². The van der Waals surface area contributed by atoms with Crippen molar-refractivity contribution in [2.24, 2.45) is 11.7 Å². The van der Waals surface area contributed by atoms with Gasteiger partial charge >= 0.3 is 0 Å². The molecule has 0 spiro atoms. The smallest absolute Gasteiger partial charge is 0.0279 e. The van der Waals surface area contributed by atoms with Crippen molar-refractivity contribution < 1.29 is 0 Å². The van der Waals surface area contributed by atoms with Gasteiger partial charge in [0, 0.05) is 18.6 Å². The number of nitrogens with zero attached hydrogens (tertiary/aromatic N) is 1. The summed E-state index contributed by atoms with van der Waals surface area (Å²) < 4.78 is 0. The molecule has 110 valence electrons. The van der Waals surface area contributed by atoms with Gasteiger partial charge in [-0.2, -0.15) is 0 Å². The van der Waals surface area contributed by atoms with Gasteiger partial charge < -0.3 is 11.1 Å². The average Bonchev–Trinajstić information content (AvgIpc) is 2.49. The number of nitrogens with one attached hydrogen (secondary N) is 1. The highest BCUT2D eigenvalue weighted by molar-refractivity contribution is 5.15. The Morgan fingerprint density at radius 1 is 1.10 bits per heavy atom. The summed E-state index contributed by atoms with van der Waals surface area (Å²) in [5, 5.41) is 3.47. The Labute approximate surface area is 122 Å². The third-order valence-electron chi connectivity index (χ3n) is 4.94. The van der Waals surface area contributed by atoms with Gasteiger partial charge in [-0.05, 0) is 56.8 Å². The molecule has 3 heteroatoms. The van der Waals surface area contributed by atoms with Crippen molar-refractivity contribution >= 4 is 0 Å². The van der Waals surface area contributed by atoms with Crippen molar-refractivity contribution in [3.05, 3.63) is 35.9 Å². The third-order valence-corrected chi connectivity index (χ3v) is 4.94. The molecule has 3 N–H and O–H groups in total. The van der Waals surface area contributed by atoms with E-state index >= 15 is 0 Å². The normalized spacial score (nSPS) is 29.4. The summed E-state index contributed by atoms with van der Waals surface area (Å²) in [5.74, 6) is 0.773. The number of nitrogens with two attached hydrogens (primary N) is 1. The maximum atomic E-state index is 6.49. The molecular formula is C17H27N3. The van der Waals surface area contributed by atoms with Crippen LogP contribution < -0.4 is 11.1 Å². The molecule has 2 aliphatic heterocycles. The number of hydrogen-bond acceptors (Lipinski definition) is 3. The van der Waals surface area contributed by atoms with Crippen LogP contribution in [0.5, 0.6) is 0 Å². The standard InChI is InChI=1S/C17H27N3/c18-16-7-4-12-20(13-14-5-2-1-3-6-14)17(16)15-8-10-19-11-9-15/h1-3,5-6,15-17,19H,4,7-13,18H2. The zero-order valence-electron chi connectivity index (χ0n) is 12.3. The molecule has 2 aliphatic rings. The summed E-state index contributed by atoms with van der Waals surface area (Å²) in [6.45, 7) is 4.58. The summed E-state index contributed by atoms with van der Waals surface area (Å²) >= 11 is 0. The van der Waals surface area contributed by atoms with Gasteiger partial charge in [0.05, 0.1) is 0 Å². The Morgan fingerprint density at radius 2 is 1.85 bits per heavy atom. The molecule has 3 rings (SSSR count). The van der Waals surface area contributed by atoms with Gasteiger partial charge in [-0.25, -0.2) is 0 Å². The van der Waals surface area contributed by atoms with Crippen LogP contribution in [-0.2, 0) is 6.54 Å². The minimum Gasteiger partial charge on any atom is -0.326 e. The van der Waals surface area contributed by atoms with Crippen LogP contribution in [0.2, 0.25) is 0 Å². The van der Waals surface area contributed by atoms with Crippen molar-refractivity contribution in [1.29, 1.82) is 0 Å². The fourth-order valence-electron chi connectivity index (χ4n) is 3.96. The van der Waals surface area contributed by atoms with Crippen molar-refractivity contribution in [3.63, 3.8) is 0 Å². The molecule has 0 saturated carbocycles. The number of likely N-dealkylation sites (tertiary alicyclic amines) is 1. The molecule has 2 fully saturated rings. The summed E-state index contributed by atoms with van der Waals surface area (Å²) in [5.41, 5.74) is 7.91. The number of piperidine rings is 2. The SMILES string of the molecule is NC1CCCN(Cc2ccccc2)C1C1CCNCC1. The van der Waals surface area contributed by atoms with E-state index < -0.39 is 0 Å². The van der Waals surface area contributed by atoms with Crippen LogP contribution in [0.1, 0.15) is 31.2 Å². The summed E-state index contributed by atoms with van der Waals surface area (Å²) in [6, 6.07) is 11.8. The van der Waals surface area contributed by atoms with Crippen molar-refractivity contribution in [1.82, 2.24) is 10.2 Å². The zero-order chi connectivity index (χ0) is 13.8. The predicted octanol–water partition coefficient (Wildman–Crippen LogP) is 1.98. The summed E-state index contributed by atoms with van der Waals surface area (Å²) in [6.07, 6.45) is 5.00. The van der Waals surface area contributed by atoms with Gasteiger partial charge in [-0.15, -0.1) is 0 Å². The molecule has 2 atom stereocenters. The summed E-state index contributed by atoms with van der Waals surface area (Å²) in [4.78, 5) is 2.65. The Hall–Kier alpha value is -0.900. The van der Waals surface area contributed by atoms with E-state index in [9.17, 15) is 0 Å². The fraction of sp³-hybridized carbons (Fsp3) is 0.647. The van der Waals surface area contributed by atoms with E-state index in [0.29, 0.717) is 12.1 Å². The molecule has 20 heavy (non-hydrogen) atoms. The van der Waals surface area contributed by atoms with Gasteiger partial charge in [0.25, 0.3) is 0 Å². The zero-order valence-corrected chi connectivity index (χ0v) is 12.3. The highest BCUT2D eigenvalue weighted by Crippen LogP contribution is 2.29. The Bertz CT molecular complexity index is 400. The van der Waals surface area contributed by atoms with Crippen molar-refractivity contribution in [2.45, 2.75) is 44.3 Å². The minimum absolute atomic E-state index is 0.357. The van der Waals surface area contributed by atoms with E-state index in [2.05, 4.69) is 40.5 Å². The molecular weight excluding hydrogens is 246 g/mol. The second-order valence-electron chi connectivity index (χ2n) is 6.34. The van der Waals surface area contributed by atoms with E-state index in [1.54, 1.807) is 0 Å². The first-order valence-electron chi connectivity index (χ1n) is 8.09. The molecule has 0 aromatic heterocycles. The minimum atomic E-state index is 0.357. The van der Waals surface area contributed by atoms with Crippen LogP contribution in [0.25, 0.3) is 0 Å². The second-order valence-corrected chi connectivity index (χ2v) is 6.34. The molecule has 3 nitrogen and oxygen atoms in total. The van der Waals surface area contributed by atoms with E-state index in [-0.39, 0.29) is 0 Å². The van der Waals surface area contributed by atoms with Crippen LogP contribution in [0, 0.1) is 5.92 Å². The Kier molecular flexibility index (Phi) is 4.71. The van der Waals surface area contributed by atoms with Gasteiger partial charge in [-0.3, -0.25) is 4.90 Å². The lowest BCUT2D eigenvalue weighted by atomic mass is 9.81. The molecule has 0 bridgehead atoms. The van der Waals surface area contributed by atoms with E-state index in [0.717, 1.165) is 25.6 Å². The van der Waals surface area contributed by atoms with Crippen LogP contribution in [0.3, 0.4) is 0 Å². The summed E-state index contributed by atoms with van der Waals surface area (Å²) in [7, 11) is 0. The largest absolute Gasteiger partial charge is 0.326 e. The molecule has 0 radical (unpaired) electrons. The lowest BCUT2D eigenvalue weighted by Gasteiger charge is -2.45. The maximum absolute atomic E-state index is 6.49. The number of rotatable bonds is 3. The van der Waals surface area contributed by atoms with Crippen molar-refractivity contribution in [2.75, 3.05) is 19.6 Å². The van der Waals surface area contributed by atoms with Crippen molar-refractivity contribution in [3.8, 4) is 0 Å². The molecule has 0 amide bonds. The highest BCUT2D eigenvalue weighted by Gasteiger charge is 2.35. The maximum Gasteiger partial charge on any atom is 0.0279 e. The lowest BCUT2D eigenvalue weighted by Crippen LogP contribution is -2.56. The predicted molar refractivity (Wildman–Crippen MR) is 83.4 cm³/mol. The Balaban J connectivity index is 1.72. The Morgan fingerprint density at radius 3 is 2.60 bits per heavy atom. The molecule has 2 heterocycles. The topological polar surface area (TPSA) is 41.3 Å². The van der Waals surface area contributed by atoms with Crippen LogP contribution in [0.15, 0.2) is 30.3 Å². The lowest BCUT2D eigenvalue weighted by molar-refractivity contribution is 0.0615. The van der Waals surface area contributed by atoms with Crippen LogP contribution in [0.4, 0.5) is 0 Å². The van der Waals surface area contributed by atoms with Crippen LogP contribution in [-0.4, -0.2) is 36.6 Å². The third kappa shape index (κ3) is 3.22. The first kappa shape index (κ1) is 14.1. The van der Waals surface area contributed by atoms with Gasteiger partial charge in [0.1, 0.15) is 0 Å². The molecule has 1 aromatic carbocycles.